The Kier molecular flexibility index (Phi) is 3.15. The van der Waals surface area contributed by atoms with Crippen molar-refractivity contribution in [2.24, 2.45) is 11.7 Å². The van der Waals surface area contributed by atoms with E-state index >= 15 is 0 Å². The minimum Gasteiger partial charge on any atom is -0.369 e. The molecule has 0 aliphatic carbocycles. The van der Waals surface area contributed by atoms with Gasteiger partial charge in [-0.25, -0.2) is 4.98 Å². The lowest BCUT2D eigenvalue weighted by molar-refractivity contribution is -0.123. The summed E-state index contributed by atoms with van der Waals surface area (Å²) < 4.78 is 0.719. The molecule has 1 aromatic rings. The number of hydrogen-bond acceptors (Lipinski definition) is 3. The van der Waals surface area contributed by atoms with Crippen LogP contribution in [0.1, 0.15) is 12.0 Å². The van der Waals surface area contributed by atoms with Crippen LogP contribution < -0.4 is 10.6 Å². The van der Waals surface area contributed by atoms with Crippen LogP contribution in [0, 0.1) is 12.8 Å². The van der Waals surface area contributed by atoms with E-state index in [1.54, 1.807) is 11.1 Å². The van der Waals surface area contributed by atoms with Gasteiger partial charge in [-0.05, 0) is 34.5 Å². The molecule has 0 spiro atoms. The number of aryl methyl sites for hydroxylation is 1. The summed E-state index contributed by atoms with van der Waals surface area (Å²) in [5.74, 6) is -0.907. The summed E-state index contributed by atoms with van der Waals surface area (Å²) >= 11 is 3.27. The van der Waals surface area contributed by atoms with Gasteiger partial charge < -0.3 is 10.6 Å². The maximum Gasteiger partial charge on any atom is 0.227 e. The van der Waals surface area contributed by atoms with E-state index in [4.69, 9.17) is 5.73 Å². The van der Waals surface area contributed by atoms with E-state index in [-0.39, 0.29) is 12.3 Å². The maximum atomic E-state index is 11.8. The lowest BCUT2D eigenvalue weighted by Crippen LogP contribution is -2.28. The Morgan fingerprint density at radius 1 is 1.65 bits per heavy atom. The molecule has 0 aromatic carbocycles. The molecular weight excluding hydrogens is 286 g/mol. The third-order valence-electron chi connectivity index (χ3n) is 2.87. The molecule has 2 amide bonds. The van der Waals surface area contributed by atoms with Crippen molar-refractivity contribution < 1.29 is 9.59 Å². The Morgan fingerprint density at radius 3 is 2.88 bits per heavy atom. The van der Waals surface area contributed by atoms with Crippen LogP contribution in [0.2, 0.25) is 0 Å². The highest BCUT2D eigenvalue weighted by atomic mass is 79.9. The van der Waals surface area contributed by atoms with Crippen LogP contribution in [-0.4, -0.2) is 23.3 Å². The number of nitrogens with two attached hydrogens (primary N) is 1. The summed E-state index contributed by atoms with van der Waals surface area (Å²) in [4.78, 5) is 28.6. The molecule has 2 heterocycles. The van der Waals surface area contributed by atoms with Crippen LogP contribution >= 0.6 is 15.9 Å². The van der Waals surface area contributed by atoms with Gasteiger partial charge in [-0.3, -0.25) is 9.59 Å². The smallest absolute Gasteiger partial charge is 0.227 e. The number of carbonyl (C=O) groups is 2. The normalized spacial score (nSPS) is 19.8. The van der Waals surface area contributed by atoms with Gasteiger partial charge in [0.1, 0.15) is 4.60 Å². The van der Waals surface area contributed by atoms with Gasteiger partial charge in [-0.2, -0.15) is 0 Å². The molecule has 1 atom stereocenters. The highest BCUT2D eigenvalue weighted by Gasteiger charge is 2.34. The number of primary amides is 1. The molecule has 90 valence electrons. The molecule has 1 saturated heterocycles. The van der Waals surface area contributed by atoms with Crippen molar-refractivity contribution in [1.82, 2.24) is 4.98 Å². The molecule has 2 rings (SSSR count). The third-order valence-corrected chi connectivity index (χ3v) is 3.30. The van der Waals surface area contributed by atoms with Gasteiger partial charge in [-0.1, -0.05) is 0 Å². The first kappa shape index (κ1) is 12.0. The first-order chi connectivity index (χ1) is 7.99. The number of carbonyl (C=O) groups excluding carboxylic acids is 2. The number of nitrogens with zero attached hydrogens (tertiary/aromatic N) is 2. The lowest BCUT2D eigenvalue weighted by Gasteiger charge is -2.18. The molecule has 1 aromatic heterocycles. The van der Waals surface area contributed by atoms with Crippen molar-refractivity contribution in [2.45, 2.75) is 13.3 Å². The fourth-order valence-corrected chi connectivity index (χ4v) is 2.37. The van der Waals surface area contributed by atoms with Gasteiger partial charge in [0.15, 0.2) is 0 Å². The molecule has 0 radical (unpaired) electrons. The standard InChI is InChI=1S/C11H12BrN3O2/c1-6-2-9(12)14-4-8(6)15-5-7(11(13)17)3-10(15)16/h2,4,7H,3,5H2,1H3,(H2,13,17). The zero-order valence-electron chi connectivity index (χ0n) is 9.31. The van der Waals surface area contributed by atoms with E-state index in [9.17, 15) is 9.59 Å². The topological polar surface area (TPSA) is 76.3 Å². The minimum absolute atomic E-state index is 0.0824. The van der Waals surface area contributed by atoms with Crippen molar-refractivity contribution in [1.29, 1.82) is 0 Å². The number of hydrogen-bond donors (Lipinski definition) is 1. The monoisotopic (exact) mass is 297 g/mol. The minimum atomic E-state index is -0.427. The van der Waals surface area contributed by atoms with Gasteiger partial charge >= 0.3 is 0 Å². The number of amides is 2. The molecular formula is C11H12BrN3O2. The van der Waals surface area contributed by atoms with Gasteiger partial charge in [0.05, 0.1) is 17.8 Å². The van der Waals surface area contributed by atoms with E-state index in [1.807, 2.05) is 13.0 Å². The number of rotatable bonds is 2. The Labute approximate surface area is 107 Å². The second kappa shape index (κ2) is 4.44. The zero-order valence-corrected chi connectivity index (χ0v) is 10.9. The van der Waals surface area contributed by atoms with E-state index in [0.29, 0.717) is 6.54 Å². The van der Waals surface area contributed by atoms with Crippen molar-refractivity contribution in [3.05, 3.63) is 22.4 Å². The number of anilines is 1. The molecule has 1 aliphatic heterocycles. The molecule has 1 unspecified atom stereocenters. The molecule has 5 nitrogen and oxygen atoms in total. The van der Waals surface area contributed by atoms with Gasteiger partial charge in [-0.15, -0.1) is 0 Å². The lowest BCUT2D eigenvalue weighted by atomic mass is 10.1. The summed E-state index contributed by atoms with van der Waals surface area (Å²) in [6.07, 6.45) is 1.81. The zero-order chi connectivity index (χ0) is 12.6. The van der Waals surface area contributed by atoms with E-state index in [2.05, 4.69) is 20.9 Å². The first-order valence-corrected chi connectivity index (χ1v) is 6.00. The maximum absolute atomic E-state index is 11.8. The Balaban J connectivity index is 2.29. The number of pyridine rings is 1. The average Bonchev–Trinajstić information content (AvgIpc) is 2.61. The van der Waals surface area contributed by atoms with Crippen LogP contribution in [-0.2, 0) is 9.59 Å². The summed E-state index contributed by atoms with van der Waals surface area (Å²) in [5.41, 5.74) is 6.89. The summed E-state index contributed by atoms with van der Waals surface area (Å²) in [7, 11) is 0. The molecule has 2 N–H and O–H groups in total. The van der Waals surface area contributed by atoms with Crippen molar-refractivity contribution in [2.75, 3.05) is 11.4 Å². The summed E-state index contributed by atoms with van der Waals surface area (Å²) in [6, 6.07) is 1.83. The van der Waals surface area contributed by atoms with Crippen LogP contribution in [0.15, 0.2) is 16.9 Å². The number of aromatic nitrogens is 1. The van der Waals surface area contributed by atoms with Gasteiger partial charge in [0.2, 0.25) is 11.8 Å². The first-order valence-electron chi connectivity index (χ1n) is 5.21. The average molecular weight is 298 g/mol. The molecule has 6 heteroatoms. The molecule has 1 fully saturated rings. The van der Waals surface area contributed by atoms with Crippen LogP contribution in [0.3, 0.4) is 0 Å². The van der Waals surface area contributed by atoms with Crippen LogP contribution in [0.4, 0.5) is 5.69 Å². The Hall–Kier alpha value is -1.43. The van der Waals surface area contributed by atoms with E-state index in [1.165, 1.54) is 0 Å². The SMILES string of the molecule is Cc1cc(Br)ncc1N1CC(C(N)=O)CC1=O. The van der Waals surface area contributed by atoms with Crippen LogP contribution in [0.25, 0.3) is 0 Å². The van der Waals surface area contributed by atoms with Gasteiger partial charge in [0, 0.05) is 13.0 Å². The molecule has 0 bridgehead atoms. The fraction of sp³-hybridized carbons (Fsp3) is 0.364. The molecule has 17 heavy (non-hydrogen) atoms. The molecule has 0 saturated carbocycles. The van der Waals surface area contributed by atoms with Crippen molar-refractivity contribution in [3.63, 3.8) is 0 Å². The number of halogens is 1. The van der Waals surface area contributed by atoms with E-state index in [0.717, 1.165) is 15.9 Å². The highest BCUT2D eigenvalue weighted by molar-refractivity contribution is 9.10. The summed E-state index contributed by atoms with van der Waals surface area (Å²) in [6.45, 7) is 2.24. The largest absolute Gasteiger partial charge is 0.369 e. The van der Waals surface area contributed by atoms with Crippen molar-refractivity contribution in [3.8, 4) is 0 Å². The highest BCUT2D eigenvalue weighted by Crippen LogP contribution is 2.28. The van der Waals surface area contributed by atoms with Gasteiger partial charge in [0.25, 0.3) is 0 Å². The quantitative estimate of drug-likeness (QED) is 0.827. The predicted octanol–water partition coefficient (Wildman–Crippen LogP) is 0.991. The van der Waals surface area contributed by atoms with E-state index < -0.39 is 11.8 Å². The Morgan fingerprint density at radius 2 is 2.35 bits per heavy atom. The van der Waals surface area contributed by atoms with Crippen LogP contribution in [0.5, 0.6) is 0 Å². The van der Waals surface area contributed by atoms with Crippen molar-refractivity contribution >= 4 is 33.4 Å². The second-order valence-electron chi connectivity index (χ2n) is 4.10. The summed E-state index contributed by atoms with van der Waals surface area (Å²) in [5, 5.41) is 0. The Bertz CT molecular complexity index is 490. The predicted molar refractivity (Wildman–Crippen MR) is 66.3 cm³/mol. The second-order valence-corrected chi connectivity index (χ2v) is 4.91. The fourth-order valence-electron chi connectivity index (χ4n) is 1.93. The third kappa shape index (κ3) is 2.31. The molecule has 1 aliphatic rings.